The van der Waals surface area contributed by atoms with E-state index in [4.69, 9.17) is 4.42 Å². The SMILES string of the molecule is CCNC(=O)C1=Cc2ccoc2C=CC1. The molecule has 0 spiro atoms. The van der Waals surface area contributed by atoms with Crippen molar-refractivity contribution >= 4 is 18.1 Å². The number of likely N-dealkylation sites (N-methyl/N-ethyl adjacent to an activating group) is 1. The van der Waals surface area contributed by atoms with Gasteiger partial charge in [-0.2, -0.15) is 0 Å². The van der Waals surface area contributed by atoms with Gasteiger partial charge in [0.2, 0.25) is 5.91 Å². The van der Waals surface area contributed by atoms with E-state index in [2.05, 4.69) is 5.32 Å². The van der Waals surface area contributed by atoms with Crippen LogP contribution in [0.4, 0.5) is 0 Å². The molecule has 1 heterocycles. The zero-order valence-corrected chi connectivity index (χ0v) is 8.62. The van der Waals surface area contributed by atoms with Gasteiger partial charge in [0, 0.05) is 17.7 Å². The van der Waals surface area contributed by atoms with Gasteiger partial charge in [-0.15, -0.1) is 0 Å². The van der Waals surface area contributed by atoms with Crippen LogP contribution < -0.4 is 5.32 Å². The molecule has 0 aromatic carbocycles. The molecule has 3 heteroatoms. The Morgan fingerprint density at radius 3 is 3.27 bits per heavy atom. The Hall–Kier alpha value is -1.77. The molecule has 15 heavy (non-hydrogen) atoms. The van der Waals surface area contributed by atoms with Gasteiger partial charge in [-0.3, -0.25) is 4.79 Å². The summed E-state index contributed by atoms with van der Waals surface area (Å²) in [7, 11) is 0. The van der Waals surface area contributed by atoms with E-state index in [0.29, 0.717) is 13.0 Å². The Morgan fingerprint density at radius 2 is 2.47 bits per heavy atom. The van der Waals surface area contributed by atoms with Gasteiger partial charge in [0.15, 0.2) is 0 Å². The smallest absolute Gasteiger partial charge is 0.247 e. The summed E-state index contributed by atoms with van der Waals surface area (Å²) < 4.78 is 5.26. The Morgan fingerprint density at radius 1 is 1.60 bits per heavy atom. The number of rotatable bonds is 2. The van der Waals surface area contributed by atoms with Crippen LogP contribution in [0.5, 0.6) is 0 Å². The fraction of sp³-hybridized carbons (Fsp3) is 0.250. The van der Waals surface area contributed by atoms with Gasteiger partial charge in [0.25, 0.3) is 0 Å². The van der Waals surface area contributed by atoms with Crippen molar-refractivity contribution in [3.8, 4) is 0 Å². The number of allylic oxidation sites excluding steroid dienone is 1. The standard InChI is InChI=1S/C12H13NO2/c1-2-13-12(14)10-4-3-5-11-9(8-10)6-7-15-11/h3,5-8H,2,4H2,1H3,(H,13,14). The van der Waals surface area contributed by atoms with Crippen molar-refractivity contribution in [1.29, 1.82) is 0 Å². The van der Waals surface area contributed by atoms with Crippen LogP contribution in [0.25, 0.3) is 12.2 Å². The molecule has 0 atom stereocenters. The molecular weight excluding hydrogens is 190 g/mol. The lowest BCUT2D eigenvalue weighted by atomic mass is 10.1. The Kier molecular flexibility index (Phi) is 2.72. The number of carbonyl (C=O) groups is 1. The lowest BCUT2D eigenvalue weighted by molar-refractivity contribution is -0.117. The second kappa shape index (κ2) is 4.17. The third kappa shape index (κ3) is 2.01. The van der Waals surface area contributed by atoms with Crippen LogP contribution in [0.3, 0.4) is 0 Å². The molecule has 1 aromatic rings. The highest BCUT2D eigenvalue weighted by molar-refractivity contribution is 5.99. The predicted molar refractivity (Wildman–Crippen MR) is 59.0 cm³/mol. The molecule has 1 aromatic heterocycles. The molecule has 0 fully saturated rings. The minimum absolute atomic E-state index is 0.00352. The first-order chi connectivity index (χ1) is 7.31. The normalized spacial score (nSPS) is 14.1. The number of hydrogen-bond donors (Lipinski definition) is 1. The maximum atomic E-state index is 11.6. The molecule has 0 saturated carbocycles. The fourth-order valence-electron chi connectivity index (χ4n) is 1.56. The van der Waals surface area contributed by atoms with Crippen molar-refractivity contribution in [2.24, 2.45) is 0 Å². The van der Waals surface area contributed by atoms with Crippen molar-refractivity contribution < 1.29 is 9.21 Å². The summed E-state index contributed by atoms with van der Waals surface area (Å²) in [5.74, 6) is 0.811. The lowest BCUT2D eigenvalue weighted by Gasteiger charge is -2.03. The minimum Gasteiger partial charge on any atom is -0.464 e. The molecule has 1 aliphatic carbocycles. The predicted octanol–water partition coefficient (Wildman–Crippen LogP) is 2.22. The number of fused-ring (bicyclic) bond motifs is 1. The summed E-state index contributed by atoms with van der Waals surface area (Å²) >= 11 is 0. The van der Waals surface area contributed by atoms with E-state index in [-0.39, 0.29) is 5.91 Å². The zero-order chi connectivity index (χ0) is 10.7. The number of nitrogens with one attached hydrogen (secondary N) is 1. The van der Waals surface area contributed by atoms with Gasteiger partial charge in [-0.25, -0.2) is 0 Å². The van der Waals surface area contributed by atoms with Crippen molar-refractivity contribution in [3.63, 3.8) is 0 Å². The average Bonchev–Trinajstić information content (AvgIpc) is 2.56. The summed E-state index contributed by atoms with van der Waals surface area (Å²) in [5.41, 5.74) is 1.73. The molecule has 0 radical (unpaired) electrons. The fourth-order valence-corrected chi connectivity index (χ4v) is 1.56. The van der Waals surface area contributed by atoms with Gasteiger partial charge < -0.3 is 9.73 Å². The molecule has 1 amide bonds. The van der Waals surface area contributed by atoms with E-state index in [0.717, 1.165) is 16.9 Å². The van der Waals surface area contributed by atoms with Crippen LogP contribution in [0.15, 0.2) is 28.4 Å². The highest BCUT2D eigenvalue weighted by atomic mass is 16.3. The third-order valence-corrected chi connectivity index (χ3v) is 2.29. The van der Waals surface area contributed by atoms with Gasteiger partial charge in [0.1, 0.15) is 5.76 Å². The molecule has 2 rings (SSSR count). The second-order valence-corrected chi connectivity index (χ2v) is 3.38. The zero-order valence-electron chi connectivity index (χ0n) is 8.62. The van der Waals surface area contributed by atoms with Crippen LogP contribution >= 0.6 is 0 Å². The molecule has 0 unspecified atom stereocenters. The number of hydrogen-bond acceptors (Lipinski definition) is 2. The largest absolute Gasteiger partial charge is 0.464 e. The molecule has 3 nitrogen and oxygen atoms in total. The summed E-state index contributed by atoms with van der Waals surface area (Å²) in [6, 6.07) is 1.87. The van der Waals surface area contributed by atoms with E-state index in [1.165, 1.54) is 0 Å². The lowest BCUT2D eigenvalue weighted by Crippen LogP contribution is -2.24. The van der Waals surface area contributed by atoms with Crippen LogP contribution in [0.1, 0.15) is 24.7 Å². The van der Waals surface area contributed by atoms with E-state index in [1.54, 1.807) is 6.26 Å². The molecule has 0 aliphatic heterocycles. The molecule has 0 bridgehead atoms. The number of carbonyl (C=O) groups excluding carboxylic acids is 1. The summed E-state index contributed by atoms with van der Waals surface area (Å²) in [5, 5.41) is 2.79. The van der Waals surface area contributed by atoms with Gasteiger partial charge in [-0.1, -0.05) is 6.08 Å². The van der Waals surface area contributed by atoms with Gasteiger partial charge >= 0.3 is 0 Å². The Bertz CT molecular complexity index is 427. The van der Waals surface area contributed by atoms with Crippen molar-refractivity contribution in [2.75, 3.05) is 6.54 Å². The first-order valence-corrected chi connectivity index (χ1v) is 5.04. The summed E-state index contributed by atoms with van der Waals surface area (Å²) in [4.78, 5) is 11.6. The van der Waals surface area contributed by atoms with Crippen LogP contribution in [0.2, 0.25) is 0 Å². The summed E-state index contributed by atoms with van der Waals surface area (Å²) in [6.45, 7) is 2.56. The van der Waals surface area contributed by atoms with E-state index in [1.807, 2.05) is 31.2 Å². The van der Waals surface area contributed by atoms with Gasteiger partial charge in [-0.05, 0) is 31.6 Å². The van der Waals surface area contributed by atoms with Crippen LogP contribution in [-0.4, -0.2) is 12.5 Å². The molecule has 1 N–H and O–H groups in total. The number of furan rings is 1. The van der Waals surface area contributed by atoms with Gasteiger partial charge in [0.05, 0.1) is 6.26 Å². The van der Waals surface area contributed by atoms with E-state index >= 15 is 0 Å². The molecule has 0 saturated heterocycles. The van der Waals surface area contributed by atoms with Crippen LogP contribution in [-0.2, 0) is 4.79 Å². The monoisotopic (exact) mass is 203 g/mol. The minimum atomic E-state index is -0.00352. The second-order valence-electron chi connectivity index (χ2n) is 3.38. The molecular formula is C12H13NO2. The Labute approximate surface area is 88.5 Å². The van der Waals surface area contributed by atoms with Crippen LogP contribution in [0, 0.1) is 0 Å². The average molecular weight is 203 g/mol. The Balaban J connectivity index is 2.29. The molecule has 78 valence electrons. The van der Waals surface area contributed by atoms with Crippen molar-refractivity contribution in [1.82, 2.24) is 5.32 Å². The first-order valence-electron chi connectivity index (χ1n) is 5.04. The maximum Gasteiger partial charge on any atom is 0.247 e. The molecule has 1 aliphatic rings. The van der Waals surface area contributed by atoms with Crippen molar-refractivity contribution in [3.05, 3.63) is 35.3 Å². The number of amides is 1. The quantitative estimate of drug-likeness (QED) is 0.800. The topological polar surface area (TPSA) is 42.2 Å². The van der Waals surface area contributed by atoms with E-state index in [9.17, 15) is 4.79 Å². The maximum absolute atomic E-state index is 11.6. The summed E-state index contributed by atoms with van der Waals surface area (Å²) in [6.07, 6.45) is 8.00. The highest BCUT2D eigenvalue weighted by Crippen LogP contribution is 2.21. The first kappa shape index (κ1) is 9.77. The highest BCUT2D eigenvalue weighted by Gasteiger charge is 2.11. The third-order valence-electron chi connectivity index (χ3n) is 2.29. The van der Waals surface area contributed by atoms with E-state index < -0.39 is 0 Å². The van der Waals surface area contributed by atoms with Crippen molar-refractivity contribution in [2.45, 2.75) is 13.3 Å².